The van der Waals surface area contributed by atoms with Crippen molar-refractivity contribution in [2.24, 2.45) is 5.10 Å². The van der Waals surface area contributed by atoms with Crippen LogP contribution in [-0.2, 0) is 11.3 Å². The Labute approximate surface area is 165 Å². The Morgan fingerprint density at radius 1 is 1.43 bits per heavy atom. The van der Waals surface area contributed by atoms with E-state index in [4.69, 9.17) is 4.74 Å². The standard InChI is InChI=1S/C19H20N4O4S/c1-4-27-15-7-13(5-6-14(15)24)8-21-22-16(25)9-23-10-20-18-17(19(23)26)11(2)12(3)28-18/h5-8,10,24H,4,9H2,1-3H3,(H,22,25)/b21-8-. The minimum atomic E-state index is -0.451. The highest BCUT2D eigenvalue weighted by Crippen LogP contribution is 2.26. The molecule has 2 aromatic heterocycles. The largest absolute Gasteiger partial charge is 0.504 e. The fraction of sp³-hybridized carbons (Fsp3) is 0.263. The van der Waals surface area contributed by atoms with Crippen LogP contribution in [-0.4, -0.2) is 33.4 Å². The molecular formula is C19H20N4O4S. The molecule has 1 aromatic carbocycles. The summed E-state index contributed by atoms with van der Waals surface area (Å²) >= 11 is 1.46. The summed E-state index contributed by atoms with van der Waals surface area (Å²) in [6.45, 7) is 5.86. The number of hydrogen-bond acceptors (Lipinski definition) is 7. The van der Waals surface area contributed by atoms with E-state index in [0.29, 0.717) is 28.1 Å². The number of phenols is 1. The molecule has 8 nitrogen and oxygen atoms in total. The Bertz CT molecular complexity index is 1120. The summed E-state index contributed by atoms with van der Waals surface area (Å²) in [6.07, 6.45) is 2.80. The highest BCUT2D eigenvalue weighted by Gasteiger charge is 2.13. The zero-order valence-electron chi connectivity index (χ0n) is 15.7. The Morgan fingerprint density at radius 2 is 2.21 bits per heavy atom. The minimum Gasteiger partial charge on any atom is -0.504 e. The molecule has 0 aliphatic carbocycles. The van der Waals surface area contributed by atoms with Gasteiger partial charge in [-0.1, -0.05) is 0 Å². The second-order valence-electron chi connectivity index (χ2n) is 6.09. The number of carbonyl (C=O) groups is 1. The number of nitrogens with one attached hydrogen (secondary N) is 1. The smallest absolute Gasteiger partial charge is 0.262 e. The molecule has 0 radical (unpaired) electrons. The Hall–Kier alpha value is -3.20. The van der Waals surface area contributed by atoms with Crippen LogP contribution in [0.15, 0.2) is 34.4 Å². The quantitative estimate of drug-likeness (QED) is 0.488. The molecule has 0 aliphatic heterocycles. The van der Waals surface area contributed by atoms with E-state index in [1.807, 2.05) is 20.8 Å². The number of aryl methyl sites for hydroxylation is 2. The van der Waals surface area contributed by atoms with E-state index >= 15 is 0 Å². The first-order valence-corrected chi connectivity index (χ1v) is 9.45. The van der Waals surface area contributed by atoms with Crippen molar-refractivity contribution in [3.05, 3.63) is 50.9 Å². The van der Waals surface area contributed by atoms with Crippen LogP contribution in [0.3, 0.4) is 0 Å². The van der Waals surface area contributed by atoms with Gasteiger partial charge >= 0.3 is 0 Å². The van der Waals surface area contributed by atoms with Crippen LogP contribution in [0.4, 0.5) is 0 Å². The van der Waals surface area contributed by atoms with E-state index in [1.165, 1.54) is 34.5 Å². The number of thiophene rings is 1. The molecule has 3 aromatic rings. The van der Waals surface area contributed by atoms with Gasteiger partial charge in [-0.25, -0.2) is 10.4 Å². The van der Waals surface area contributed by atoms with Gasteiger partial charge in [0.1, 0.15) is 11.4 Å². The molecule has 9 heteroatoms. The highest BCUT2D eigenvalue weighted by atomic mass is 32.1. The number of carbonyl (C=O) groups excluding carboxylic acids is 1. The van der Waals surface area contributed by atoms with Gasteiger partial charge in [-0.2, -0.15) is 5.10 Å². The zero-order chi connectivity index (χ0) is 20.3. The lowest BCUT2D eigenvalue weighted by atomic mass is 10.2. The first kappa shape index (κ1) is 19.6. The lowest BCUT2D eigenvalue weighted by Crippen LogP contribution is -2.30. The molecule has 0 saturated heterocycles. The van der Waals surface area contributed by atoms with Crippen molar-refractivity contribution in [3.63, 3.8) is 0 Å². The number of aromatic nitrogens is 2. The molecule has 0 saturated carbocycles. The number of rotatable bonds is 6. The number of amides is 1. The summed E-state index contributed by atoms with van der Waals surface area (Å²) in [5.74, 6) is -0.0812. The maximum atomic E-state index is 12.6. The van der Waals surface area contributed by atoms with Crippen LogP contribution in [0.5, 0.6) is 11.5 Å². The third-order valence-corrected chi connectivity index (χ3v) is 5.27. The normalized spacial score (nSPS) is 11.2. The van der Waals surface area contributed by atoms with E-state index < -0.39 is 5.91 Å². The van der Waals surface area contributed by atoms with Crippen molar-refractivity contribution >= 4 is 33.7 Å². The summed E-state index contributed by atoms with van der Waals surface area (Å²) in [5.41, 5.74) is 3.67. The van der Waals surface area contributed by atoms with Gasteiger partial charge in [-0.15, -0.1) is 11.3 Å². The topological polar surface area (TPSA) is 106 Å². The first-order chi connectivity index (χ1) is 13.4. The molecule has 0 spiro atoms. The average molecular weight is 400 g/mol. The van der Waals surface area contributed by atoms with Gasteiger partial charge in [0, 0.05) is 4.88 Å². The zero-order valence-corrected chi connectivity index (χ0v) is 16.5. The van der Waals surface area contributed by atoms with Crippen LogP contribution in [0.2, 0.25) is 0 Å². The van der Waals surface area contributed by atoms with Crippen molar-refractivity contribution in [2.45, 2.75) is 27.3 Å². The lowest BCUT2D eigenvalue weighted by Gasteiger charge is -2.06. The molecule has 2 heterocycles. The summed E-state index contributed by atoms with van der Waals surface area (Å²) in [5, 5.41) is 14.1. The third-order valence-electron chi connectivity index (χ3n) is 4.16. The Kier molecular flexibility index (Phi) is 5.74. The van der Waals surface area contributed by atoms with Gasteiger partial charge in [0.15, 0.2) is 11.5 Å². The molecule has 0 bridgehead atoms. The average Bonchev–Trinajstić information content (AvgIpc) is 2.95. The Balaban J connectivity index is 1.69. The number of nitrogens with zero attached hydrogens (tertiary/aromatic N) is 3. The number of phenolic OH excluding ortho intramolecular Hbond substituents is 1. The molecule has 28 heavy (non-hydrogen) atoms. The van der Waals surface area contributed by atoms with Crippen LogP contribution in [0.1, 0.15) is 22.9 Å². The number of hydrazone groups is 1. The minimum absolute atomic E-state index is 0.0317. The van der Waals surface area contributed by atoms with Gasteiger partial charge in [-0.05, 0) is 50.1 Å². The summed E-state index contributed by atoms with van der Waals surface area (Å²) in [7, 11) is 0. The fourth-order valence-electron chi connectivity index (χ4n) is 2.63. The van der Waals surface area contributed by atoms with E-state index in [-0.39, 0.29) is 17.9 Å². The lowest BCUT2D eigenvalue weighted by molar-refractivity contribution is -0.121. The second-order valence-corrected chi connectivity index (χ2v) is 7.30. The molecule has 0 unspecified atom stereocenters. The molecular weight excluding hydrogens is 380 g/mol. The molecule has 146 valence electrons. The van der Waals surface area contributed by atoms with Crippen molar-refractivity contribution < 1.29 is 14.6 Å². The van der Waals surface area contributed by atoms with E-state index in [9.17, 15) is 14.7 Å². The van der Waals surface area contributed by atoms with E-state index in [1.54, 1.807) is 12.1 Å². The molecule has 3 rings (SSSR count). The van der Waals surface area contributed by atoms with Gasteiger partial charge in [-0.3, -0.25) is 14.2 Å². The van der Waals surface area contributed by atoms with Crippen molar-refractivity contribution in [1.29, 1.82) is 0 Å². The second kappa shape index (κ2) is 8.22. The van der Waals surface area contributed by atoms with Crippen molar-refractivity contribution in [1.82, 2.24) is 15.0 Å². The predicted octanol–water partition coefficient (Wildman–Crippen LogP) is 2.33. The van der Waals surface area contributed by atoms with Crippen LogP contribution in [0.25, 0.3) is 10.2 Å². The third kappa shape index (κ3) is 4.04. The molecule has 0 aliphatic rings. The van der Waals surface area contributed by atoms with Crippen LogP contribution >= 0.6 is 11.3 Å². The molecule has 0 atom stereocenters. The maximum Gasteiger partial charge on any atom is 0.262 e. The monoisotopic (exact) mass is 400 g/mol. The number of aromatic hydroxyl groups is 1. The summed E-state index contributed by atoms with van der Waals surface area (Å²) in [4.78, 5) is 30.7. The van der Waals surface area contributed by atoms with Crippen molar-refractivity contribution in [2.75, 3.05) is 6.61 Å². The summed E-state index contributed by atoms with van der Waals surface area (Å²) < 4.78 is 6.56. The van der Waals surface area contributed by atoms with Crippen LogP contribution < -0.4 is 15.7 Å². The molecule has 2 N–H and O–H groups in total. The van der Waals surface area contributed by atoms with Crippen molar-refractivity contribution in [3.8, 4) is 11.5 Å². The summed E-state index contributed by atoms with van der Waals surface area (Å²) in [6, 6.07) is 4.73. The number of ether oxygens (including phenoxy) is 1. The van der Waals surface area contributed by atoms with Crippen LogP contribution in [0, 0.1) is 13.8 Å². The Morgan fingerprint density at radius 3 is 2.96 bits per heavy atom. The number of hydrogen-bond donors (Lipinski definition) is 2. The van der Waals surface area contributed by atoms with E-state index in [2.05, 4.69) is 15.5 Å². The number of fused-ring (bicyclic) bond motifs is 1. The highest BCUT2D eigenvalue weighted by molar-refractivity contribution is 7.18. The fourth-order valence-corrected chi connectivity index (χ4v) is 3.62. The van der Waals surface area contributed by atoms with Gasteiger partial charge in [0.05, 0.1) is 24.5 Å². The first-order valence-electron chi connectivity index (χ1n) is 8.63. The SMILES string of the molecule is CCOc1cc(/C=N\NC(=O)Cn2cnc3sc(C)c(C)c3c2=O)ccc1O. The van der Waals surface area contributed by atoms with E-state index in [0.717, 1.165) is 10.4 Å². The van der Waals surface area contributed by atoms with Gasteiger partial charge < -0.3 is 9.84 Å². The molecule has 0 fully saturated rings. The van der Waals surface area contributed by atoms with Gasteiger partial charge in [0.25, 0.3) is 11.5 Å². The maximum absolute atomic E-state index is 12.6. The molecule has 1 amide bonds. The van der Waals surface area contributed by atoms with Gasteiger partial charge in [0.2, 0.25) is 0 Å². The predicted molar refractivity (Wildman–Crippen MR) is 108 cm³/mol. The number of benzene rings is 1.